The van der Waals surface area contributed by atoms with Gasteiger partial charge in [0.2, 0.25) is 0 Å². The Hall–Kier alpha value is -0.790. The summed E-state index contributed by atoms with van der Waals surface area (Å²) in [5.74, 6) is 0.775. The van der Waals surface area contributed by atoms with Crippen molar-refractivity contribution in [2.45, 2.75) is 49.8 Å². The van der Waals surface area contributed by atoms with E-state index in [1.54, 1.807) is 23.1 Å². The number of rotatable bonds is 8. The molecule has 0 unspecified atom stereocenters. The minimum atomic E-state index is -0.322. The molecule has 1 aromatic carbocycles. The average Bonchev–Trinajstić information content (AvgIpc) is 3.03. The van der Waals surface area contributed by atoms with Gasteiger partial charge in [0, 0.05) is 33.7 Å². The zero-order valence-electron chi connectivity index (χ0n) is 15.3. The first-order valence-corrected chi connectivity index (χ1v) is 10.0. The Balaban J connectivity index is 0.00000312. The molecule has 1 heterocycles. The first kappa shape index (κ1) is 25.2. The summed E-state index contributed by atoms with van der Waals surface area (Å²) in [6.07, 6.45) is 1.69. The van der Waals surface area contributed by atoms with Gasteiger partial charge in [-0.05, 0) is 44.0 Å². The van der Waals surface area contributed by atoms with E-state index in [-0.39, 0.29) is 36.3 Å². The van der Waals surface area contributed by atoms with E-state index in [9.17, 15) is 4.79 Å². The van der Waals surface area contributed by atoms with E-state index in [4.69, 9.17) is 5.73 Å². The van der Waals surface area contributed by atoms with Crippen molar-refractivity contribution in [2.24, 2.45) is 5.73 Å². The highest BCUT2D eigenvalue weighted by atomic mass is 35.5. The minimum Gasteiger partial charge on any atom is -0.350 e. The molecule has 2 rings (SSSR count). The van der Waals surface area contributed by atoms with E-state index < -0.39 is 0 Å². The molecule has 2 aromatic rings. The van der Waals surface area contributed by atoms with Crippen LogP contribution in [0.15, 0.2) is 34.5 Å². The van der Waals surface area contributed by atoms with Crippen LogP contribution < -0.4 is 11.1 Å². The predicted octanol–water partition coefficient (Wildman–Crippen LogP) is 4.83. The van der Waals surface area contributed by atoms with Gasteiger partial charge in [0.1, 0.15) is 0 Å². The van der Waals surface area contributed by atoms with Crippen LogP contribution in [-0.4, -0.2) is 23.0 Å². The third-order valence-corrected chi connectivity index (χ3v) is 6.05. The number of halogens is 2. The fourth-order valence-electron chi connectivity index (χ4n) is 2.19. The summed E-state index contributed by atoms with van der Waals surface area (Å²) >= 11 is 3.39. The number of hydrogen-bond acceptors (Lipinski definition) is 5. The zero-order valence-corrected chi connectivity index (χ0v) is 18.5. The van der Waals surface area contributed by atoms with E-state index in [1.165, 1.54) is 0 Å². The maximum Gasteiger partial charge on any atom is 0.251 e. The Kier molecular flexibility index (Phi) is 11.5. The number of hydrogen-bond donors (Lipinski definition) is 2. The summed E-state index contributed by atoms with van der Waals surface area (Å²) in [7, 11) is 0. The molecule has 0 fully saturated rings. The van der Waals surface area contributed by atoms with Crippen molar-refractivity contribution < 1.29 is 4.79 Å². The number of aromatic nitrogens is 1. The van der Waals surface area contributed by atoms with Crippen LogP contribution in [0.3, 0.4) is 0 Å². The molecule has 26 heavy (non-hydrogen) atoms. The molecule has 0 saturated carbocycles. The molecule has 0 spiro atoms. The lowest BCUT2D eigenvalue weighted by molar-refractivity contribution is 0.0942. The normalized spacial score (nSPS) is 10.6. The van der Waals surface area contributed by atoms with Crippen LogP contribution in [0.25, 0.3) is 0 Å². The predicted molar refractivity (Wildman–Crippen MR) is 117 cm³/mol. The van der Waals surface area contributed by atoms with Gasteiger partial charge in [0.25, 0.3) is 5.91 Å². The number of nitrogens with two attached hydrogens (primary N) is 1. The molecule has 0 saturated heterocycles. The van der Waals surface area contributed by atoms with Crippen LogP contribution in [0.4, 0.5) is 0 Å². The second kappa shape index (κ2) is 11.8. The third-order valence-electron chi connectivity index (χ3n) is 4.18. The van der Waals surface area contributed by atoms with Crippen LogP contribution in [0.2, 0.25) is 0 Å². The molecule has 8 heteroatoms. The van der Waals surface area contributed by atoms with Crippen molar-refractivity contribution in [1.29, 1.82) is 0 Å². The van der Waals surface area contributed by atoms with Crippen LogP contribution >= 0.6 is 47.9 Å². The molecule has 4 nitrogen and oxygen atoms in total. The van der Waals surface area contributed by atoms with E-state index in [1.807, 2.05) is 45.0 Å². The third kappa shape index (κ3) is 7.45. The Bertz CT molecular complexity index is 673. The van der Waals surface area contributed by atoms with E-state index >= 15 is 0 Å². The maximum absolute atomic E-state index is 12.2. The summed E-state index contributed by atoms with van der Waals surface area (Å²) in [4.78, 5) is 17.8. The first-order valence-electron chi connectivity index (χ1n) is 8.16. The highest BCUT2D eigenvalue weighted by Gasteiger charge is 2.21. The molecule has 0 bridgehead atoms. The van der Waals surface area contributed by atoms with Crippen molar-refractivity contribution >= 4 is 53.8 Å². The van der Waals surface area contributed by atoms with Gasteiger partial charge in [0.05, 0.1) is 10.7 Å². The van der Waals surface area contributed by atoms with Gasteiger partial charge in [0.15, 0.2) is 0 Å². The van der Waals surface area contributed by atoms with Gasteiger partial charge < -0.3 is 11.1 Å². The topological polar surface area (TPSA) is 68.0 Å². The van der Waals surface area contributed by atoms with Gasteiger partial charge in [-0.1, -0.05) is 13.8 Å². The molecule has 0 aliphatic carbocycles. The number of amides is 1. The number of nitrogens with one attached hydrogen (secondary N) is 1. The average molecular weight is 436 g/mol. The molecule has 0 radical (unpaired) electrons. The number of thiazole rings is 1. The van der Waals surface area contributed by atoms with Gasteiger partial charge in [-0.3, -0.25) is 4.79 Å². The van der Waals surface area contributed by atoms with Crippen molar-refractivity contribution in [2.75, 3.05) is 6.54 Å². The van der Waals surface area contributed by atoms with Crippen molar-refractivity contribution in [3.05, 3.63) is 45.9 Å². The maximum atomic E-state index is 12.2. The summed E-state index contributed by atoms with van der Waals surface area (Å²) in [6.45, 7) is 6.61. The Morgan fingerprint density at radius 3 is 2.35 bits per heavy atom. The fourth-order valence-corrected chi connectivity index (χ4v) is 3.70. The molecular formula is C18H27Cl2N3OS2. The molecule has 0 aliphatic heterocycles. The number of aryl methyl sites for hydroxylation is 1. The smallest absolute Gasteiger partial charge is 0.251 e. The Labute approximate surface area is 176 Å². The summed E-state index contributed by atoms with van der Waals surface area (Å²) < 4.78 is 0. The van der Waals surface area contributed by atoms with Gasteiger partial charge >= 0.3 is 0 Å². The highest BCUT2D eigenvalue weighted by Crippen LogP contribution is 2.24. The number of nitrogens with zero attached hydrogens (tertiary/aromatic N) is 1. The van der Waals surface area contributed by atoms with E-state index in [2.05, 4.69) is 15.7 Å². The van der Waals surface area contributed by atoms with E-state index in [0.717, 1.165) is 34.2 Å². The van der Waals surface area contributed by atoms with Gasteiger partial charge in [-0.25, -0.2) is 4.98 Å². The highest BCUT2D eigenvalue weighted by molar-refractivity contribution is 7.98. The second-order valence-electron chi connectivity index (χ2n) is 5.92. The SMILES string of the molecule is CCC(N)(CC)CNC(=O)c1ccc(SCc2csc(C)n2)cc1.Cl.Cl. The molecule has 146 valence electrons. The number of carbonyl (C=O) groups excluding carboxylic acids is 1. The molecular weight excluding hydrogens is 409 g/mol. The van der Waals surface area contributed by atoms with Crippen molar-refractivity contribution in [3.63, 3.8) is 0 Å². The zero-order chi connectivity index (χ0) is 17.6. The standard InChI is InChI=1S/C18H25N3OS2.2ClH/c1-4-18(19,5-2)12-20-17(22)14-6-8-16(9-7-14)24-11-15-10-23-13(3)21-15;;/h6-10H,4-5,11-12,19H2,1-3H3,(H,20,22);2*1H. The second-order valence-corrected chi connectivity index (χ2v) is 8.03. The summed E-state index contributed by atoms with van der Waals surface area (Å²) in [5.41, 5.74) is 7.66. The van der Waals surface area contributed by atoms with Gasteiger partial charge in [-0.2, -0.15) is 0 Å². The quantitative estimate of drug-likeness (QED) is 0.582. The number of carbonyl (C=O) groups is 1. The number of benzene rings is 1. The minimum absolute atomic E-state index is 0. The fraction of sp³-hybridized carbons (Fsp3) is 0.444. The summed E-state index contributed by atoms with van der Waals surface area (Å²) in [5, 5.41) is 6.12. The van der Waals surface area contributed by atoms with Crippen LogP contribution in [0, 0.1) is 6.92 Å². The van der Waals surface area contributed by atoms with Crippen molar-refractivity contribution in [3.8, 4) is 0 Å². The monoisotopic (exact) mass is 435 g/mol. The summed E-state index contributed by atoms with van der Waals surface area (Å²) in [6, 6.07) is 7.68. The first-order chi connectivity index (χ1) is 11.5. The lowest BCUT2D eigenvalue weighted by Crippen LogP contribution is -2.49. The number of thioether (sulfide) groups is 1. The van der Waals surface area contributed by atoms with Crippen molar-refractivity contribution in [1.82, 2.24) is 10.3 Å². The molecule has 3 N–H and O–H groups in total. The molecule has 0 atom stereocenters. The lowest BCUT2D eigenvalue weighted by Gasteiger charge is -2.26. The van der Waals surface area contributed by atoms with Crippen LogP contribution in [0.5, 0.6) is 0 Å². The van der Waals surface area contributed by atoms with Gasteiger partial charge in [-0.15, -0.1) is 47.9 Å². The molecule has 1 aromatic heterocycles. The molecule has 1 amide bonds. The van der Waals surface area contributed by atoms with Crippen LogP contribution in [-0.2, 0) is 5.75 Å². The largest absolute Gasteiger partial charge is 0.350 e. The Morgan fingerprint density at radius 2 is 1.85 bits per heavy atom. The van der Waals surface area contributed by atoms with Crippen LogP contribution in [0.1, 0.15) is 47.7 Å². The van der Waals surface area contributed by atoms with E-state index in [0.29, 0.717) is 12.1 Å². The Morgan fingerprint density at radius 1 is 1.23 bits per heavy atom. The lowest BCUT2D eigenvalue weighted by atomic mass is 9.94. The molecule has 0 aliphatic rings.